The third-order valence-corrected chi connectivity index (χ3v) is 4.94. The average Bonchev–Trinajstić information content (AvgIpc) is 2.82. The number of rotatable bonds is 6. The van der Waals surface area contributed by atoms with Gasteiger partial charge in [-0.1, -0.05) is 11.3 Å². The van der Waals surface area contributed by atoms with Crippen molar-refractivity contribution >= 4 is 16.5 Å². The zero-order valence-electron chi connectivity index (χ0n) is 12.4. The van der Waals surface area contributed by atoms with E-state index in [1.165, 1.54) is 23.4 Å². The van der Waals surface area contributed by atoms with Gasteiger partial charge >= 0.3 is 0 Å². The second kappa shape index (κ2) is 6.68. The molecular formula is C14H25N3OS. The van der Waals surface area contributed by atoms with E-state index in [-0.39, 0.29) is 0 Å². The van der Waals surface area contributed by atoms with Crippen LogP contribution in [0.25, 0.3) is 0 Å². The lowest BCUT2D eigenvalue weighted by Crippen LogP contribution is -2.33. The number of nitrogens with zero attached hydrogens (tertiary/aromatic N) is 2. The van der Waals surface area contributed by atoms with Gasteiger partial charge in [0.2, 0.25) is 0 Å². The van der Waals surface area contributed by atoms with Crippen molar-refractivity contribution in [1.29, 1.82) is 0 Å². The van der Waals surface area contributed by atoms with Gasteiger partial charge in [0.25, 0.3) is 0 Å². The number of thiazole rings is 1. The molecule has 1 aliphatic rings. The molecule has 0 fully saturated rings. The van der Waals surface area contributed by atoms with Gasteiger partial charge in [0.1, 0.15) is 0 Å². The Hall–Kier alpha value is -0.650. The molecule has 4 nitrogen and oxygen atoms in total. The summed E-state index contributed by atoms with van der Waals surface area (Å²) < 4.78 is 5.21. The maximum Gasteiger partial charge on any atom is 0.186 e. The van der Waals surface area contributed by atoms with Gasteiger partial charge in [-0.15, -0.1) is 0 Å². The summed E-state index contributed by atoms with van der Waals surface area (Å²) in [6.07, 6.45) is 3.59. The molecule has 0 amide bonds. The fourth-order valence-corrected chi connectivity index (χ4v) is 3.98. The van der Waals surface area contributed by atoms with E-state index in [4.69, 9.17) is 9.72 Å². The van der Waals surface area contributed by atoms with E-state index in [0.717, 1.165) is 24.7 Å². The molecule has 1 N–H and O–H groups in total. The fraction of sp³-hybridized carbons (Fsp3) is 0.786. The Morgan fingerprint density at radius 1 is 1.53 bits per heavy atom. The van der Waals surface area contributed by atoms with Crippen LogP contribution < -0.4 is 10.2 Å². The smallest absolute Gasteiger partial charge is 0.186 e. The monoisotopic (exact) mass is 283 g/mol. The van der Waals surface area contributed by atoms with Crippen LogP contribution >= 0.6 is 11.3 Å². The Balaban J connectivity index is 2.21. The number of fused-ring (bicyclic) bond motifs is 1. The van der Waals surface area contributed by atoms with Crippen molar-refractivity contribution in [1.82, 2.24) is 10.3 Å². The van der Waals surface area contributed by atoms with Gasteiger partial charge < -0.3 is 15.0 Å². The first-order valence-corrected chi connectivity index (χ1v) is 7.91. The van der Waals surface area contributed by atoms with Crippen LogP contribution in [0.3, 0.4) is 0 Å². The molecular weight excluding hydrogens is 258 g/mol. The van der Waals surface area contributed by atoms with Gasteiger partial charge in [-0.3, -0.25) is 0 Å². The van der Waals surface area contributed by atoms with Crippen LogP contribution in [-0.4, -0.2) is 38.3 Å². The minimum Gasteiger partial charge on any atom is -0.383 e. The van der Waals surface area contributed by atoms with Crippen LogP contribution in [0.15, 0.2) is 0 Å². The van der Waals surface area contributed by atoms with Crippen molar-refractivity contribution < 1.29 is 4.74 Å². The van der Waals surface area contributed by atoms with E-state index in [2.05, 4.69) is 24.1 Å². The summed E-state index contributed by atoms with van der Waals surface area (Å²) in [7, 11) is 3.80. The molecule has 0 bridgehead atoms. The summed E-state index contributed by atoms with van der Waals surface area (Å²) in [4.78, 5) is 8.66. The van der Waals surface area contributed by atoms with Crippen molar-refractivity contribution in [2.45, 2.75) is 45.2 Å². The second-order valence-corrected chi connectivity index (χ2v) is 6.33. The predicted octanol–water partition coefficient (Wildman–Crippen LogP) is 2.60. The molecule has 0 radical (unpaired) electrons. The third-order valence-electron chi connectivity index (χ3n) is 3.69. The molecule has 0 saturated carbocycles. The number of nitrogens with one attached hydrogen (secondary N) is 1. The number of methoxy groups -OCH3 is 1. The zero-order valence-corrected chi connectivity index (χ0v) is 13.2. The van der Waals surface area contributed by atoms with E-state index in [1.807, 2.05) is 18.4 Å². The molecule has 0 saturated heterocycles. The number of hydrogen-bond donors (Lipinski definition) is 1. The van der Waals surface area contributed by atoms with E-state index < -0.39 is 0 Å². The normalized spacial score (nSPS) is 18.7. The van der Waals surface area contributed by atoms with Gasteiger partial charge in [0, 0.05) is 30.6 Å². The SMILES string of the molecule is CNC1CCCc2nc(N(CCOC)C(C)C)sc21. The van der Waals surface area contributed by atoms with E-state index in [0.29, 0.717) is 12.1 Å². The van der Waals surface area contributed by atoms with Crippen LogP contribution in [0, 0.1) is 0 Å². The molecule has 2 rings (SSSR count). The van der Waals surface area contributed by atoms with Crippen molar-refractivity contribution in [3.8, 4) is 0 Å². The molecule has 1 aromatic heterocycles. The lowest BCUT2D eigenvalue weighted by molar-refractivity contribution is 0.204. The molecule has 0 aromatic carbocycles. The topological polar surface area (TPSA) is 37.4 Å². The van der Waals surface area contributed by atoms with Crippen LogP contribution in [0.2, 0.25) is 0 Å². The summed E-state index contributed by atoms with van der Waals surface area (Å²) in [6, 6.07) is 0.947. The van der Waals surface area contributed by atoms with Crippen LogP contribution in [-0.2, 0) is 11.2 Å². The quantitative estimate of drug-likeness (QED) is 0.871. The van der Waals surface area contributed by atoms with E-state index in [1.54, 1.807) is 7.11 Å². The minimum absolute atomic E-state index is 0.454. The first-order chi connectivity index (χ1) is 9.17. The zero-order chi connectivity index (χ0) is 13.8. The van der Waals surface area contributed by atoms with E-state index >= 15 is 0 Å². The number of anilines is 1. The Morgan fingerprint density at radius 3 is 2.95 bits per heavy atom. The lowest BCUT2D eigenvalue weighted by Gasteiger charge is -2.25. The van der Waals surface area contributed by atoms with Gasteiger partial charge in [-0.2, -0.15) is 0 Å². The minimum atomic E-state index is 0.454. The molecule has 19 heavy (non-hydrogen) atoms. The Labute approximate surface area is 120 Å². The van der Waals surface area contributed by atoms with Gasteiger partial charge in [-0.25, -0.2) is 4.98 Å². The molecule has 1 unspecified atom stereocenters. The molecule has 1 atom stereocenters. The fourth-order valence-electron chi connectivity index (χ4n) is 2.57. The third kappa shape index (κ3) is 3.27. The second-order valence-electron chi connectivity index (χ2n) is 5.32. The summed E-state index contributed by atoms with van der Waals surface area (Å²) >= 11 is 1.85. The van der Waals surface area contributed by atoms with Crippen molar-refractivity contribution in [2.24, 2.45) is 0 Å². The first kappa shape index (κ1) is 14.8. The maximum atomic E-state index is 5.21. The van der Waals surface area contributed by atoms with Crippen LogP contribution in [0.5, 0.6) is 0 Å². The van der Waals surface area contributed by atoms with Crippen molar-refractivity contribution in [3.63, 3.8) is 0 Å². The number of aromatic nitrogens is 1. The molecule has 1 heterocycles. The maximum absolute atomic E-state index is 5.21. The molecule has 0 spiro atoms. The van der Waals surface area contributed by atoms with Crippen molar-refractivity contribution in [2.75, 3.05) is 32.2 Å². The Bertz CT molecular complexity index is 405. The summed E-state index contributed by atoms with van der Waals surface area (Å²) in [5, 5.41) is 4.56. The summed E-state index contributed by atoms with van der Waals surface area (Å²) in [5.41, 5.74) is 1.30. The predicted molar refractivity (Wildman–Crippen MR) is 81.2 cm³/mol. The molecule has 0 aliphatic heterocycles. The Morgan fingerprint density at radius 2 is 2.32 bits per heavy atom. The highest BCUT2D eigenvalue weighted by molar-refractivity contribution is 7.15. The average molecular weight is 283 g/mol. The lowest BCUT2D eigenvalue weighted by atomic mass is 9.98. The largest absolute Gasteiger partial charge is 0.383 e. The van der Waals surface area contributed by atoms with Gasteiger partial charge in [0.05, 0.1) is 12.3 Å². The molecule has 5 heteroatoms. The molecule has 1 aromatic rings. The van der Waals surface area contributed by atoms with Crippen LogP contribution in [0.1, 0.15) is 43.3 Å². The van der Waals surface area contributed by atoms with Gasteiger partial charge in [-0.05, 0) is 40.2 Å². The highest BCUT2D eigenvalue weighted by Crippen LogP contribution is 2.37. The summed E-state index contributed by atoms with van der Waals surface area (Å²) in [6.45, 7) is 6.08. The standard InChI is InChI=1S/C14H25N3OS/c1-10(2)17(8-9-18-4)14-16-12-7-5-6-11(15-3)13(12)19-14/h10-11,15H,5-9H2,1-4H3. The number of aryl methyl sites for hydroxylation is 1. The molecule has 108 valence electrons. The number of ether oxygens (including phenoxy) is 1. The summed E-state index contributed by atoms with van der Waals surface area (Å²) in [5.74, 6) is 0. The molecule has 1 aliphatic carbocycles. The van der Waals surface area contributed by atoms with Crippen LogP contribution in [0.4, 0.5) is 5.13 Å². The first-order valence-electron chi connectivity index (χ1n) is 7.09. The highest BCUT2D eigenvalue weighted by atomic mass is 32.1. The van der Waals surface area contributed by atoms with Crippen molar-refractivity contribution in [3.05, 3.63) is 10.6 Å². The Kier molecular flexibility index (Phi) is 5.19. The van der Waals surface area contributed by atoms with Gasteiger partial charge in [0.15, 0.2) is 5.13 Å². The van der Waals surface area contributed by atoms with E-state index in [9.17, 15) is 0 Å². The highest BCUT2D eigenvalue weighted by Gasteiger charge is 2.25. The number of hydrogen-bond acceptors (Lipinski definition) is 5.